The molecule has 6 atom stereocenters. The van der Waals surface area contributed by atoms with Crippen LogP contribution in [0.3, 0.4) is 0 Å². The summed E-state index contributed by atoms with van der Waals surface area (Å²) in [5, 5.41) is 0. The van der Waals surface area contributed by atoms with Crippen LogP contribution in [-0.2, 0) is 4.79 Å². The van der Waals surface area contributed by atoms with Gasteiger partial charge in [0.2, 0.25) is 0 Å². The predicted octanol–water partition coefficient (Wildman–Crippen LogP) is 7.44. The Morgan fingerprint density at radius 3 is 2.71 bits per heavy atom. The number of ketones is 1. The van der Waals surface area contributed by atoms with E-state index < -0.39 is 0 Å². The van der Waals surface area contributed by atoms with Crippen molar-refractivity contribution in [3.05, 3.63) is 39.9 Å². The van der Waals surface area contributed by atoms with Gasteiger partial charge in [-0.05, 0) is 103 Å². The third-order valence-corrected chi connectivity index (χ3v) is 9.91. The molecule has 2 heteroatoms. The molecule has 28 heavy (non-hydrogen) atoms. The number of fused-ring (bicyclic) bond motifs is 5. The van der Waals surface area contributed by atoms with Crippen LogP contribution < -0.4 is 0 Å². The molecule has 0 radical (unpaired) electrons. The Morgan fingerprint density at radius 1 is 1.04 bits per heavy atom. The average molecular weight is 441 g/mol. The lowest BCUT2D eigenvalue weighted by Gasteiger charge is -2.59. The van der Waals surface area contributed by atoms with E-state index in [0.717, 1.165) is 46.2 Å². The zero-order valence-electron chi connectivity index (χ0n) is 17.3. The molecule has 0 heterocycles. The standard InChI is InChI=1S/C26H33BrO/c1-25-12-4-3-7-19(25)9-10-21-22(25)11-13-26(2)23(21)16-18(24(26)28)14-17-6-5-8-20(27)15-17/h5-6,8,14-15,19,21-23H,3-4,7,9-13,16H2,1-2H3/b18-14-/t19-,21-,22+,23-,25+,26+/m1/s1. The minimum Gasteiger partial charge on any atom is -0.294 e. The van der Waals surface area contributed by atoms with Crippen LogP contribution in [-0.4, -0.2) is 5.78 Å². The van der Waals surface area contributed by atoms with E-state index in [1.807, 2.05) is 6.07 Å². The van der Waals surface area contributed by atoms with Crippen molar-refractivity contribution in [1.29, 1.82) is 0 Å². The summed E-state index contributed by atoms with van der Waals surface area (Å²) >= 11 is 3.57. The molecular formula is C26H33BrO. The normalized spacial score (nSPS) is 44.1. The number of hydrogen-bond donors (Lipinski definition) is 0. The minimum absolute atomic E-state index is 0.114. The number of Topliss-reactive ketones (excluding diaryl/α,β-unsaturated/α-hetero) is 1. The minimum atomic E-state index is -0.114. The highest BCUT2D eigenvalue weighted by Gasteiger charge is 2.60. The molecule has 0 aromatic heterocycles. The van der Waals surface area contributed by atoms with E-state index in [1.54, 1.807) is 0 Å². The van der Waals surface area contributed by atoms with Gasteiger partial charge in [0, 0.05) is 9.89 Å². The zero-order chi connectivity index (χ0) is 19.5. The van der Waals surface area contributed by atoms with Crippen LogP contribution in [0.5, 0.6) is 0 Å². The van der Waals surface area contributed by atoms with Crippen LogP contribution in [0.1, 0.15) is 77.2 Å². The van der Waals surface area contributed by atoms with E-state index in [4.69, 9.17) is 0 Å². The summed E-state index contributed by atoms with van der Waals surface area (Å²) in [5.41, 5.74) is 2.67. The maximum atomic E-state index is 13.5. The molecule has 0 aliphatic heterocycles. The Morgan fingerprint density at radius 2 is 1.89 bits per heavy atom. The van der Waals surface area contributed by atoms with Crippen LogP contribution in [0.25, 0.3) is 6.08 Å². The zero-order valence-corrected chi connectivity index (χ0v) is 18.9. The van der Waals surface area contributed by atoms with Crippen molar-refractivity contribution in [1.82, 2.24) is 0 Å². The molecule has 4 saturated carbocycles. The largest absolute Gasteiger partial charge is 0.294 e. The molecular weight excluding hydrogens is 408 g/mol. The van der Waals surface area contributed by atoms with Crippen LogP contribution in [0.4, 0.5) is 0 Å². The van der Waals surface area contributed by atoms with E-state index in [1.165, 1.54) is 44.9 Å². The van der Waals surface area contributed by atoms with E-state index in [9.17, 15) is 4.79 Å². The second kappa shape index (κ2) is 6.83. The summed E-state index contributed by atoms with van der Waals surface area (Å²) in [4.78, 5) is 13.5. The predicted molar refractivity (Wildman–Crippen MR) is 119 cm³/mol. The van der Waals surface area contributed by atoms with Crippen molar-refractivity contribution in [3.8, 4) is 0 Å². The molecule has 0 unspecified atom stereocenters. The molecule has 1 aromatic rings. The monoisotopic (exact) mass is 440 g/mol. The van der Waals surface area contributed by atoms with Gasteiger partial charge < -0.3 is 0 Å². The summed E-state index contributed by atoms with van der Waals surface area (Å²) < 4.78 is 1.08. The lowest BCUT2D eigenvalue weighted by Crippen LogP contribution is -2.52. The van der Waals surface area contributed by atoms with E-state index in [0.29, 0.717) is 17.1 Å². The Balaban J connectivity index is 1.46. The smallest absolute Gasteiger partial charge is 0.165 e. The Bertz CT molecular complexity index is 825. The van der Waals surface area contributed by atoms with Gasteiger partial charge in [0.15, 0.2) is 5.78 Å². The molecule has 4 fully saturated rings. The highest BCUT2D eigenvalue weighted by atomic mass is 79.9. The Kier molecular flexibility index (Phi) is 4.66. The van der Waals surface area contributed by atoms with Crippen molar-refractivity contribution in [2.45, 2.75) is 71.6 Å². The van der Waals surface area contributed by atoms with Crippen LogP contribution >= 0.6 is 15.9 Å². The molecule has 0 amide bonds. The highest BCUT2D eigenvalue weighted by Crippen LogP contribution is 2.66. The fourth-order valence-corrected chi connectivity index (χ4v) is 8.31. The number of allylic oxidation sites excluding steroid dienone is 1. The highest BCUT2D eigenvalue weighted by molar-refractivity contribution is 9.10. The summed E-state index contributed by atoms with van der Waals surface area (Å²) in [7, 11) is 0. The summed E-state index contributed by atoms with van der Waals surface area (Å²) in [6, 6.07) is 8.35. The second-order valence-electron chi connectivity index (χ2n) is 10.6. The van der Waals surface area contributed by atoms with Gasteiger partial charge in [-0.2, -0.15) is 0 Å². The van der Waals surface area contributed by atoms with Crippen molar-refractivity contribution in [2.75, 3.05) is 0 Å². The average Bonchev–Trinajstić information content (AvgIpc) is 2.92. The Labute approximate surface area is 178 Å². The topological polar surface area (TPSA) is 17.1 Å². The van der Waals surface area contributed by atoms with Crippen LogP contribution in [0, 0.1) is 34.5 Å². The van der Waals surface area contributed by atoms with Crippen molar-refractivity contribution >= 4 is 27.8 Å². The van der Waals surface area contributed by atoms with Gasteiger partial charge in [-0.1, -0.05) is 54.8 Å². The molecule has 0 saturated heterocycles. The number of carbonyl (C=O) groups is 1. The maximum absolute atomic E-state index is 13.5. The third kappa shape index (κ3) is 2.81. The molecule has 4 aliphatic rings. The first-order chi connectivity index (χ1) is 13.4. The summed E-state index contributed by atoms with van der Waals surface area (Å²) in [6.07, 6.45) is 14.1. The molecule has 1 nitrogen and oxygen atoms in total. The molecule has 1 aromatic carbocycles. The van der Waals surface area contributed by atoms with Gasteiger partial charge in [0.25, 0.3) is 0 Å². The first kappa shape index (κ1) is 19.1. The van der Waals surface area contributed by atoms with Gasteiger partial charge >= 0.3 is 0 Å². The lowest BCUT2D eigenvalue weighted by molar-refractivity contribution is -0.137. The number of hydrogen-bond acceptors (Lipinski definition) is 1. The van der Waals surface area contributed by atoms with Gasteiger partial charge in [-0.15, -0.1) is 0 Å². The number of halogens is 1. The number of benzene rings is 1. The number of rotatable bonds is 1. The van der Waals surface area contributed by atoms with Crippen LogP contribution in [0.15, 0.2) is 34.3 Å². The van der Waals surface area contributed by atoms with Crippen molar-refractivity contribution in [2.24, 2.45) is 34.5 Å². The molecule has 0 N–H and O–H groups in total. The van der Waals surface area contributed by atoms with Gasteiger partial charge in [0.1, 0.15) is 0 Å². The van der Waals surface area contributed by atoms with Crippen LogP contribution in [0.2, 0.25) is 0 Å². The van der Waals surface area contributed by atoms with E-state index in [-0.39, 0.29) is 5.41 Å². The third-order valence-electron chi connectivity index (χ3n) is 9.41. The fraction of sp³-hybridized carbons (Fsp3) is 0.654. The molecule has 5 rings (SSSR count). The SMILES string of the molecule is C[C@]12CCCC[C@@H]1CC[C@H]1[C@H]3C/C(=C/c4cccc(Br)c4)C(=O)[C@@]3(C)CC[C@@H]12. The van der Waals surface area contributed by atoms with Crippen molar-refractivity contribution in [3.63, 3.8) is 0 Å². The maximum Gasteiger partial charge on any atom is 0.165 e. The second-order valence-corrected chi connectivity index (χ2v) is 11.5. The molecule has 4 aliphatic carbocycles. The van der Waals surface area contributed by atoms with Crippen molar-refractivity contribution < 1.29 is 4.79 Å². The summed E-state index contributed by atoms with van der Waals surface area (Å²) in [5.74, 6) is 3.57. The first-order valence-corrected chi connectivity index (χ1v) is 12.2. The molecule has 150 valence electrons. The Hall–Kier alpha value is -0.890. The van der Waals surface area contributed by atoms with Gasteiger partial charge in [-0.3, -0.25) is 4.79 Å². The first-order valence-electron chi connectivity index (χ1n) is 11.4. The lowest BCUT2D eigenvalue weighted by atomic mass is 9.45. The van der Waals surface area contributed by atoms with E-state index >= 15 is 0 Å². The van der Waals surface area contributed by atoms with Gasteiger partial charge in [0.05, 0.1) is 0 Å². The fourth-order valence-electron chi connectivity index (χ4n) is 7.89. The quantitative estimate of drug-likeness (QED) is 0.414. The summed E-state index contributed by atoms with van der Waals surface area (Å²) in [6.45, 7) is 4.92. The van der Waals surface area contributed by atoms with E-state index in [2.05, 4.69) is 54.1 Å². The molecule has 0 bridgehead atoms. The van der Waals surface area contributed by atoms with Gasteiger partial charge in [-0.25, -0.2) is 0 Å². The molecule has 0 spiro atoms. The number of carbonyl (C=O) groups excluding carboxylic acids is 1.